The molecule has 0 spiro atoms. The zero-order valence-corrected chi connectivity index (χ0v) is 18.9. The second-order valence-corrected chi connectivity index (χ2v) is 8.96. The molecule has 1 aliphatic carbocycles. The molecular formula is C23H19F4NO5S. The Bertz CT molecular complexity index is 1240. The van der Waals surface area contributed by atoms with Crippen molar-refractivity contribution in [3.63, 3.8) is 0 Å². The zero-order valence-electron chi connectivity index (χ0n) is 18.1. The van der Waals surface area contributed by atoms with Gasteiger partial charge in [-0.15, -0.1) is 11.3 Å². The highest BCUT2D eigenvalue weighted by Crippen LogP contribution is 2.40. The molecule has 0 unspecified atom stereocenters. The van der Waals surface area contributed by atoms with E-state index in [4.69, 9.17) is 13.9 Å². The number of rotatable bonds is 6. The van der Waals surface area contributed by atoms with Crippen LogP contribution < -0.4 is 10.1 Å². The Morgan fingerprint density at radius 1 is 1.18 bits per heavy atom. The van der Waals surface area contributed by atoms with Crippen LogP contribution in [0.1, 0.15) is 50.5 Å². The van der Waals surface area contributed by atoms with Gasteiger partial charge in [-0.05, 0) is 42.9 Å². The first kappa shape index (κ1) is 23.8. The lowest BCUT2D eigenvalue weighted by molar-refractivity contribution is 0.0600. The molecule has 34 heavy (non-hydrogen) atoms. The van der Waals surface area contributed by atoms with Crippen LogP contribution in [0.3, 0.4) is 0 Å². The minimum Gasteiger partial charge on any atom is -0.479 e. The van der Waals surface area contributed by atoms with Gasteiger partial charge in [0.1, 0.15) is 17.4 Å². The van der Waals surface area contributed by atoms with Gasteiger partial charge in [0.05, 0.1) is 12.7 Å². The largest absolute Gasteiger partial charge is 0.479 e. The molecule has 0 aliphatic heterocycles. The van der Waals surface area contributed by atoms with Gasteiger partial charge in [-0.2, -0.15) is 8.78 Å². The van der Waals surface area contributed by atoms with E-state index < -0.39 is 47.5 Å². The third kappa shape index (κ3) is 4.52. The molecule has 0 saturated carbocycles. The molecule has 0 radical (unpaired) electrons. The van der Waals surface area contributed by atoms with Crippen LogP contribution in [0.15, 0.2) is 22.6 Å². The number of halogens is 4. The Morgan fingerprint density at radius 2 is 1.88 bits per heavy atom. The molecule has 1 aromatic carbocycles. The molecule has 0 fully saturated rings. The van der Waals surface area contributed by atoms with Crippen LogP contribution in [0, 0.1) is 29.2 Å². The number of ether oxygens (including phenoxy) is 2. The fourth-order valence-corrected chi connectivity index (χ4v) is 5.11. The van der Waals surface area contributed by atoms with E-state index in [1.54, 1.807) is 0 Å². The molecule has 0 bridgehead atoms. The van der Waals surface area contributed by atoms with E-state index in [-0.39, 0.29) is 17.6 Å². The van der Waals surface area contributed by atoms with Crippen molar-refractivity contribution in [1.29, 1.82) is 0 Å². The lowest BCUT2D eigenvalue weighted by atomic mass is 9.88. The number of furan rings is 1. The van der Waals surface area contributed by atoms with Gasteiger partial charge >= 0.3 is 5.97 Å². The van der Waals surface area contributed by atoms with E-state index in [9.17, 15) is 27.2 Å². The summed E-state index contributed by atoms with van der Waals surface area (Å²) >= 11 is 1.30. The number of amides is 1. The molecule has 1 amide bonds. The van der Waals surface area contributed by atoms with Gasteiger partial charge in [0, 0.05) is 10.9 Å². The molecule has 6 nitrogen and oxygen atoms in total. The Balaban J connectivity index is 1.50. The quantitative estimate of drug-likeness (QED) is 0.271. The van der Waals surface area contributed by atoms with Crippen LogP contribution in [0.25, 0.3) is 0 Å². The van der Waals surface area contributed by atoms with Crippen LogP contribution in [0.5, 0.6) is 5.75 Å². The lowest BCUT2D eigenvalue weighted by Gasteiger charge is -2.18. The number of hydrogen-bond acceptors (Lipinski definition) is 6. The highest BCUT2D eigenvalue weighted by Gasteiger charge is 2.29. The van der Waals surface area contributed by atoms with Crippen molar-refractivity contribution in [3.8, 4) is 5.75 Å². The molecule has 0 saturated heterocycles. The third-order valence-electron chi connectivity index (χ3n) is 5.44. The summed E-state index contributed by atoms with van der Waals surface area (Å²) in [5.41, 5.74) is 1.18. The highest BCUT2D eigenvalue weighted by molar-refractivity contribution is 7.17. The molecule has 11 heteroatoms. The first-order valence-corrected chi connectivity index (χ1v) is 11.1. The summed E-state index contributed by atoms with van der Waals surface area (Å²) in [6.45, 7) is 1.52. The lowest BCUT2D eigenvalue weighted by Crippen LogP contribution is -2.15. The number of anilines is 1. The molecule has 3 aromatic rings. The third-order valence-corrected chi connectivity index (χ3v) is 6.61. The second kappa shape index (κ2) is 9.49. The predicted octanol–water partition coefficient (Wildman–Crippen LogP) is 5.64. The molecule has 4 rings (SSSR count). The van der Waals surface area contributed by atoms with Gasteiger partial charge in [-0.25, -0.2) is 13.6 Å². The molecule has 2 aromatic heterocycles. The number of carbonyl (C=O) groups excluding carboxylic acids is 2. The van der Waals surface area contributed by atoms with E-state index in [0.717, 1.165) is 23.3 Å². The van der Waals surface area contributed by atoms with Gasteiger partial charge in [-0.3, -0.25) is 4.79 Å². The Hall–Kier alpha value is -3.34. The topological polar surface area (TPSA) is 77.8 Å². The molecular weight excluding hydrogens is 478 g/mol. The number of esters is 1. The number of benzene rings is 1. The van der Waals surface area contributed by atoms with Crippen LogP contribution in [-0.4, -0.2) is 19.0 Å². The van der Waals surface area contributed by atoms with E-state index in [1.807, 2.05) is 0 Å². The van der Waals surface area contributed by atoms with Crippen LogP contribution >= 0.6 is 11.3 Å². The summed E-state index contributed by atoms with van der Waals surface area (Å²) in [7, 11) is 1.26. The van der Waals surface area contributed by atoms with Gasteiger partial charge in [0.25, 0.3) is 5.91 Å². The van der Waals surface area contributed by atoms with E-state index >= 15 is 0 Å². The monoisotopic (exact) mass is 497 g/mol. The van der Waals surface area contributed by atoms with E-state index in [1.165, 1.54) is 30.6 Å². The standard InChI is InChI=1S/C23H19F4NO5S/c1-10-3-5-12-16(7-10)34-22(17(12)23(30)31-2)28-21(29)15-6-4-11(33-15)9-32-20-18(26)13(24)8-14(25)19(20)27/h4,6,8,10H,3,5,7,9H2,1-2H3,(H,28,29)/t10-/m1/s1. The van der Waals surface area contributed by atoms with Gasteiger partial charge < -0.3 is 19.2 Å². The fourth-order valence-electron chi connectivity index (χ4n) is 3.72. The Labute approximate surface area is 195 Å². The summed E-state index contributed by atoms with van der Waals surface area (Å²) in [4.78, 5) is 26.1. The number of hydrogen-bond donors (Lipinski definition) is 1. The number of thiophene rings is 1. The maximum atomic E-state index is 13.7. The maximum Gasteiger partial charge on any atom is 0.341 e. The SMILES string of the molecule is COC(=O)c1c(NC(=O)c2ccc(COc3c(F)c(F)cc(F)c3F)o2)sc2c1CC[C@@H](C)C2. The molecule has 1 N–H and O–H groups in total. The first-order chi connectivity index (χ1) is 16.2. The second-order valence-electron chi connectivity index (χ2n) is 7.85. The Kier molecular flexibility index (Phi) is 6.65. The fraction of sp³-hybridized carbons (Fsp3) is 0.304. The summed E-state index contributed by atoms with van der Waals surface area (Å²) in [5.74, 6) is -8.79. The Morgan fingerprint density at radius 3 is 2.56 bits per heavy atom. The minimum atomic E-state index is -1.69. The molecule has 1 aliphatic rings. The van der Waals surface area contributed by atoms with Gasteiger partial charge in [0.2, 0.25) is 11.6 Å². The first-order valence-electron chi connectivity index (χ1n) is 10.3. The van der Waals surface area contributed by atoms with Crippen molar-refractivity contribution >= 4 is 28.2 Å². The van der Waals surface area contributed by atoms with Crippen molar-refractivity contribution in [2.45, 2.75) is 32.8 Å². The van der Waals surface area contributed by atoms with Crippen molar-refractivity contribution < 1.29 is 41.0 Å². The number of methoxy groups -OCH3 is 1. The average molecular weight is 497 g/mol. The van der Waals surface area contributed by atoms with E-state index in [0.29, 0.717) is 22.9 Å². The van der Waals surface area contributed by atoms with Crippen molar-refractivity contribution in [1.82, 2.24) is 0 Å². The van der Waals surface area contributed by atoms with Gasteiger partial charge in [0.15, 0.2) is 23.1 Å². The summed E-state index contributed by atoms with van der Waals surface area (Å²) in [5, 5.41) is 3.00. The normalized spacial score (nSPS) is 15.1. The smallest absolute Gasteiger partial charge is 0.341 e. The summed E-state index contributed by atoms with van der Waals surface area (Å²) < 4.78 is 69.2. The average Bonchev–Trinajstić information content (AvgIpc) is 3.41. The zero-order chi connectivity index (χ0) is 24.6. The molecule has 180 valence electrons. The maximum absolute atomic E-state index is 13.7. The van der Waals surface area contributed by atoms with Crippen molar-refractivity contribution in [2.75, 3.05) is 12.4 Å². The number of carbonyl (C=O) groups is 2. The van der Waals surface area contributed by atoms with Crippen LogP contribution in [0.2, 0.25) is 0 Å². The highest BCUT2D eigenvalue weighted by atomic mass is 32.1. The predicted molar refractivity (Wildman–Crippen MR) is 114 cm³/mol. The van der Waals surface area contributed by atoms with Crippen LogP contribution in [0.4, 0.5) is 22.6 Å². The number of fused-ring (bicyclic) bond motifs is 1. The van der Waals surface area contributed by atoms with E-state index in [2.05, 4.69) is 12.2 Å². The number of nitrogens with one attached hydrogen (secondary N) is 1. The summed E-state index contributed by atoms with van der Waals surface area (Å²) in [6, 6.07) is 2.67. The minimum absolute atomic E-state index is 0.0268. The van der Waals surface area contributed by atoms with Crippen LogP contribution in [-0.2, 0) is 24.2 Å². The van der Waals surface area contributed by atoms with Crippen molar-refractivity contribution in [3.05, 3.63) is 69.0 Å². The molecule has 2 heterocycles. The molecule has 1 atom stereocenters. The summed E-state index contributed by atoms with van der Waals surface area (Å²) in [6.07, 6.45) is 2.40. The van der Waals surface area contributed by atoms with Crippen molar-refractivity contribution in [2.24, 2.45) is 5.92 Å². The van der Waals surface area contributed by atoms with Gasteiger partial charge in [-0.1, -0.05) is 6.92 Å².